The number of hydrogen-bond acceptors (Lipinski definition) is 4. The zero-order valence-corrected chi connectivity index (χ0v) is 8.63. The molecule has 3 N–H and O–H groups in total. The fraction of sp³-hybridized carbons (Fsp3) is 0.875. The highest BCUT2D eigenvalue weighted by molar-refractivity contribution is 7.82. The summed E-state index contributed by atoms with van der Waals surface area (Å²) < 4.78 is 0. The standard InChI is InChI=1S/C8H16N2O2S/c1-2-4-10-5-3-6(9)8(10,13)7(11)12/h6,13H,2-5,9H2,1H3,(H,11,12). The van der Waals surface area contributed by atoms with Crippen LogP contribution in [0.5, 0.6) is 0 Å². The fourth-order valence-electron chi connectivity index (χ4n) is 1.75. The molecule has 4 nitrogen and oxygen atoms in total. The Bertz CT molecular complexity index is 210. The predicted molar refractivity (Wildman–Crippen MR) is 53.8 cm³/mol. The first-order chi connectivity index (χ1) is 6.03. The summed E-state index contributed by atoms with van der Waals surface area (Å²) in [6.07, 6.45) is 1.62. The number of aliphatic carboxylic acids is 1. The second-order valence-corrected chi connectivity index (χ2v) is 4.10. The van der Waals surface area contributed by atoms with Crippen LogP contribution in [0.1, 0.15) is 19.8 Å². The van der Waals surface area contributed by atoms with Crippen molar-refractivity contribution in [3.05, 3.63) is 0 Å². The van der Waals surface area contributed by atoms with Crippen LogP contribution in [0.4, 0.5) is 0 Å². The summed E-state index contributed by atoms with van der Waals surface area (Å²) in [5.74, 6) is -0.936. The molecule has 1 saturated heterocycles. The molecule has 0 spiro atoms. The van der Waals surface area contributed by atoms with Gasteiger partial charge in [0.1, 0.15) is 0 Å². The van der Waals surface area contributed by atoms with E-state index < -0.39 is 10.8 Å². The van der Waals surface area contributed by atoms with Gasteiger partial charge < -0.3 is 10.8 Å². The first-order valence-electron chi connectivity index (χ1n) is 4.49. The molecule has 0 amide bonds. The molecule has 0 radical (unpaired) electrons. The molecule has 5 heteroatoms. The number of nitrogens with zero attached hydrogens (tertiary/aromatic N) is 1. The summed E-state index contributed by atoms with van der Waals surface area (Å²) in [7, 11) is 0. The number of likely N-dealkylation sites (tertiary alicyclic amines) is 1. The molecule has 0 aromatic carbocycles. The van der Waals surface area contributed by atoms with Crippen LogP contribution in [0.3, 0.4) is 0 Å². The zero-order valence-electron chi connectivity index (χ0n) is 7.73. The second-order valence-electron chi connectivity index (χ2n) is 3.41. The highest BCUT2D eigenvalue weighted by atomic mass is 32.1. The minimum atomic E-state index is -1.16. The average molecular weight is 204 g/mol. The monoisotopic (exact) mass is 204 g/mol. The molecule has 2 unspecified atom stereocenters. The van der Waals surface area contributed by atoms with E-state index in [0.29, 0.717) is 6.42 Å². The van der Waals surface area contributed by atoms with Crippen molar-refractivity contribution in [2.24, 2.45) is 5.73 Å². The van der Waals surface area contributed by atoms with E-state index in [-0.39, 0.29) is 6.04 Å². The number of rotatable bonds is 3. The molecule has 0 aliphatic carbocycles. The van der Waals surface area contributed by atoms with Gasteiger partial charge in [0.05, 0.1) is 0 Å². The molecule has 1 heterocycles. The predicted octanol–water partition coefficient (Wildman–Crippen LogP) is 0.140. The third kappa shape index (κ3) is 1.68. The van der Waals surface area contributed by atoms with Crippen molar-refractivity contribution in [1.29, 1.82) is 0 Å². The van der Waals surface area contributed by atoms with Gasteiger partial charge in [0.25, 0.3) is 0 Å². The summed E-state index contributed by atoms with van der Waals surface area (Å²) in [5, 5.41) is 9.04. The van der Waals surface area contributed by atoms with Crippen molar-refractivity contribution in [1.82, 2.24) is 4.90 Å². The summed E-state index contributed by atoms with van der Waals surface area (Å²) in [4.78, 5) is 11.7. The van der Waals surface area contributed by atoms with Crippen molar-refractivity contribution in [2.45, 2.75) is 30.7 Å². The van der Waals surface area contributed by atoms with E-state index >= 15 is 0 Å². The Morgan fingerprint density at radius 2 is 2.46 bits per heavy atom. The lowest BCUT2D eigenvalue weighted by molar-refractivity contribution is -0.144. The Hall–Kier alpha value is -0.260. The fourth-order valence-corrected chi connectivity index (χ4v) is 2.08. The SMILES string of the molecule is CCCN1CCC(N)C1(S)C(=O)O. The van der Waals surface area contributed by atoms with Crippen LogP contribution in [-0.4, -0.2) is 40.0 Å². The highest BCUT2D eigenvalue weighted by Gasteiger charge is 2.50. The normalized spacial score (nSPS) is 35.2. The Labute approximate surface area is 83.5 Å². The van der Waals surface area contributed by atoms with Crippen molar-refractivity contribution in [3.8, 4) is 0 Å². The number of carbonyl (C=O) groups is 1. The van der Waals surface area contributed by atoms with Crippen molar-refractivity contribution < 1.29 is 9.90 Å². The van der Waals surface area contributed by atoms with Gasteiger partial charge >= 0.3 is 5.97 Å². The van der Waals surface area contributed by atoms with Gasteiger partial charge in [-0.3, -0.25) is 4.90 Å². The van der Waals surface area contributed by atoms with Gasteiger partial charge in [0.2, 0.25) is 0 Å². The van der Waals surface area contributed by atoms with E-state index in [1.54, 1.807) is 0 Å². The number of thiol groups is 1. The van der Waals surface area contributed by atoms with Crippen molar-refractivity contribution in [2.75, 3.05) is 13.1 Å². The summed E-state index contributed by atoms with van der Waals surface area (Å²) in [5.41, 5.74) is 5.74. The lowest BCUT2D eigenvalue weighted by Crippen LogP contribution is -2.55. The van der Waals surface area contributed by atoms with Crippen LogP contribution in [0.25, 0.3) is 0 Å². The van der Waals surface area contributed by atoms with Gasteiger partial charge in [0, 0.05) is 12.6 Å². The van der Waals surface area contributed by atoms with Crippen LogP contribution >= 0.6 is 12.6 Å². The van der Waals surface area contributed by atoms with Crippen LogP contribution in [0.15, 0.2) is 0 Å². The van der Waals surface area contributed by atoms with Gasteiger partial charge in [-0.05, 0) is 19.4 Å². The van der Waals surface area contributed by atoms with Gasteiger partial charge in [-0.1, -0.05) is 6.92 Å². The van der Waals surface area contributed by atoms with E-state index in [2.05, 4.69) is 12.6 Å². The minimum absolute atomic E-state index is 0.375. The Kier molecular flexibility index (Phi) is 3.21. The Balaban J connectivity index is 2.81. The Morgan fingerprint density at radius 3 is 2.92 bits per heavy atom. The van der Waals surface area contributed by atoms with Crippen molar-refractivity contribution in [3.63, 3.8) is 0 Å². The molecule has 2 atom stereocenters. The molecule has 0 aromatic heterocycles. The molecule has 13 heavy (non-hydrogen) atoms. The molecule has 0 bridgehead atoms. The molecule has 0 aromatic rings. The van der Waals surface area contributed by atoms with Gasteiger partial charge in [0.15, 0.2) is 4.87 Å². The summed E-state index contributed by atoms with van der Waals surface area (Å²) in [6, 6.07) is -0.375. The van der Waals surface area contributed by atoms with E-state index in [9.17, 15) is 4.79 Å². The zero-order chi connectivity index (χ0) is 10.1. The molecule has 0 saturated carbocycles. The minimum Gasteiger partial charge on any atom is -0.479 e. The van der Waals surface area contributed by atoms with Crippen molar-refractivity contribution >= 4 is 18.6 Å². The van der Waals surface area contributed by atoms with E-state index in [1.807, 2.05) is 11.8 Å². The third-order valence-corrected chi connectivity index (χ3v) is 3.32. The molecule has 76 valence electrons. The molecule has 1 aliphatic heterocycles. The van der Waals surface area contributed by atoms with E-state index in [1.165, 1.54) is 0 Å². The molecule has 1 aliphatic rings. The molecular formula is C8H16N2O2S. The highest BCUT2D eigenvalue weighted by Crippen LogP contribution is 2.32. The molecule has 1 rings (SSSR count). The van der Waals surface area contributed by atoms with Crippen LogP contribution in [0, 0.1) is 0 Å². The number of hydrogen-bond donors (Lipinski definition) is 3. The average Bonchev–Trinajstić information content (AvgIpc) is 2.34. The van der Waals surface area contributed by atoms with Crippen LogP contribution in [0.2, 0.25) is 0 Å². The first-order valence-corrected chi connectivity index (χ1v) is 4.94. The summed E-state index contributed by atoms with van der Waals surface area (Å²) in [6.45, 7) is 3.48. The van der Waals surface area contributed by atoms with Gasteiger partial charge in [-0.25, -0.2) is 4.79 Å². The maximum Gasteiger partial charge on any atom is 0.336 e. The summed E-state index contributed by atoms with van der Waals surface area (Å²) >= 11 is 4.20. The number of carboxylic acids is 1. The maximum absolute atomic E-state index is 11.0. The lowest BCUT2D eigenvalue weighted by atomic mass is 10.1. The van der Waals surface area contributed by atoms with Gasteiger partial charge in [-0.15, -0.1) is 12.6 Å². The van der Waals surface area contributed by atoms with Crippen LogP contribution in [-0.2, 0) is 4.79 Å². The topological polar surface area (TPSA) is 66.6 Å². The Morgan fingerprint density at radius 1 is 1.85 bits per heavy atom. The smallest absolute Gasteiger partial charge is 0.336 e. The van der Waals surface area contributed by atoms with E-state index in [0.717, 1.165) is 19.5 Å². The maximum atomic E-state index is 11.0. The van der Waals surface area contributed by atoms with Gasteiger partial charge in [-0.2, -0.15) is 0 Å². The molecule has 1 fully saturated rings. The molecular weight excluding hydrogens is 188 g/mol. The quantitative estimate of drug-likeness (QED) is 0.572. The first kappa shape index (κ1) is 10.8. The second kappa shape index (κ2) is 3.86. The van der Waals surface area contributed by atoms with E-state index in [4.69, 9.17) is 10.8 Å². The van der Waals surface area contributed by atoms with Crippen LogP contribution < -0.4 is 5.73 Å². The largest absolute Gasteiger partial charge is 0.479 e. The third-order valence-electron chi connectivity index (χ3n) is 2.52. The number of nitrogens with two attached hydrogens (primary N) is 1. The number of carboxylic acid groups (broad SMARTS) is 1. The lowest BCUT2D eigenvalue weighted by Gasteiger charge is -2.32.